The van der Waals surface area contributed by atoms with Gasteiger partial charge in [-0.2, -0.15) is 0 Å². The van der Waals surface area contributed by atoms with Crippen molar-refractivity contribution in [2.24, 2.45) is 0 Å². The molecule has 3 aromatic rings. The van der Waals surface area contributed by atoms with Crippen molar-refractivity contribution in [3.63, 3.8) is 0 Å². The second kappa shape index (κ2) is 6.67. The molecule has 1 atom stereocenters. The first-order chi connectivity index (χ1) is 11.1. The SMILES string of the molecule is CCc1cc2c(S[C@H](C)C(=O)Nc3cc(C)on3)ncnc2s1. The maximum atomic E-state index is 12.3. The van der Waals surface area contributed by atoms with Crippen LogP contribution in [0.25, 0.3) is 10.2 Å². The van der Waals surface area contributed by atoms with Crippen molar-refractivity contribution >= 4 is 45.0 Å². The van der Waals surface area contributed by atoms with E-state index in [0.717, 1.165) is 21.7 Å². The molecule has 0 aliphatic carbocycles. The Morgan fingerprint density at radius 3 is 2.96 bits per heavy atom. The first kappa shape index (κ1) is 15.9. The van der Waals surface area contributed by atoms with Crippen molar-refractivity contribution in [2.45, 2.75) is 37.5 Å². The second-order valence-corrected chi connectivity index (χ2v) is 7.48. The maximum absolute atomic E-state index is 12.3. The van der Waals surface area contributed by atoms with Gasteiger partial charge in [0.15, 0.2) is 5.82 Å². The topological polar surface area (TPSA) is 80.9 Å². The summed E-state index contributed by atoms with van der Waals surface area (Å²) >= 11 is 3.08. The van der Waals surface area contributed by atoms with Crippen molar-refractivity contribution in [2.75, 3.05) is 5.32 Å². The van der Waals surface area contributed by atoms with Crippen LogP contribution in [0.3, 0.4) is 0 Å². The molecule has 0 radical (unpaired) electrons. The second-order valence-electron chi connectivity index (χ2n) is 5.04. The van der Waals surface area contributed by atoms with Crippen LogP contribution >= 0.6 is 23.1 Å². The number of amides is 1. The Balaban J connectivity index is 1.75. The van der Waals surface area contributed by atoms with Crippen molar-refractivity contribution in [3.8, 4) is 0 Å². The summed E-state index contributed by atoms with van der Waals surface area (Å²) in [6.45, 7) is 5.73. The summed E-state index contributed by atoms with van der Waals surface area (Å²) in [7, 11) is 0. The Morgan fingerprint density at radius 1 is 1.43 bits per heavy atom. The highest BCUT2D eigenvalue weighted by molar-refractivity contribution is 8.00. The zero-order valence-electron chi connectivity index (χ0n) is 13.0. The van der Waals surface area contributed by atoms with Gasteiger partial charge in [0, 0.05) is 16.3 Å². The molecule has 0 aromatic carbocycles. The van der Waals surface area contributed by atoms with Crippen LogP contribution in [0, 0.1) is 6.92 Å². The zero-order chi connectivity index (χ0) is 16.4. The summed E-state index contributed by atoms with van der Waals surface area (Å²) in [5.41, 5.74) is 0. The van der Waals surface area contributed by atoms with E-state index >= 15 is 0 Å². The molecule has 0 saturated heterocycles. The van der Waals surface area contributed by atoms with Crippen LogP contribution in [0.2, 0.25) is 0 Å². The normalized spacial score (nSPS) is 12.5. The predicted molar refractivity (Wildman–Crippen MR) is 92.0 cm³/mol. The summed E-state index contributed by atoms with van der Waals surface area (Å²) in [6, 6.07) is 3.79. The first-order valence-corrected chi connectivity index (χ1v) is 8.90. The van der Waals surface area contributed by atoms with E-state index in [1.807, 2.05) is 6.92 Å². The third-order valence-corrected chi connectivity index (χ3v) is 5.53. The number of thiophene rings is 1. The minimum atomic E-state index is -0.310. The van der Waals surface area contributed by atoms with Crippen molar-refractivity contribution in [1.29, 1.82) is 0 Å². The number of hydrogen-bond acceptors (Lipinski definition) is 7. The van der Waals surface area contributed by atoms with Crippen LogP contribution in [0.15, 0.2) is 28.0 Å². The monoisotopic (exact) mass is 348 g/mol. The summed E-state index contributed by atoms with van der Waals surface area (Å²) in [4.78, 5) is 23.1. The van der Waals surface area contributed by atoms with Gasteiger partial charge in [0.1, 0.15) is 21.9 Å². The number of thioether (sulfide) groups is 1. The van der Waals surface area contributed by atoms with Crippen molar-refractivity contribution in [1.82, 2.24) is 15.1 Å². The fourth-order valence-electron chi connectivity index (χ4n) is 2.03. The Morgan fingerprint density at radius 2 is 2.26 bits per heavy atom. The zero-order valence-corrected chi connectivity index (χ0v) is 14.6. The van der Waals surface area contributed by atoms with Crippen LogP contribution in [-0.4, -0.2) is 26.3 Å². The lowest BCUT2D eigenvalue weighted by atomic mass is 10.3. The number of aromatic nitrogens is 3. The molecule has 1 amide bonds. The van der Waals surface area contributed by atoms with Crippen LogP contribution in [-0.2, 0) is 11.2 Å². The molecule has 0 unspecified atom stereocenters. The number of fused-ring (bicyclic) bond motifs is 1. The highest BCUT2D eigenvalue weighted by Crippen LogP contribution is 2.33. The molecule has 0 bridgehead atoms. The summed E-state index contributed by atoms with van der Waals surface area (Å²) in [5, 5.41) is 8.04. The van der Waals surface area contributed by atoms with Crippen molar-refractivity contribution in [3.05, 3.63) is 29.1 Å². The molecule has 3 rings (SSSR count). The summed E-state index contributed by atoms with van der Waals surface area (Å²) in [6.07, 6.45) is 2.51. The highest BCUT2D eigenvalue weighted by atomic mass is 32.2. The average Bonchev–Trinajstić information content (AvgIpc) is 3.13. The van der Waals surface area contributed by atoms with Crippen LogP contribution < -0.4 is 5.32 Å². The van der Waals surface area contributed by atoms with E-state index in [1.165, 1.54) is 16.6 Å². The molecule has 23 heavy (non-hydrogen) atoms. The molecule has 0 fully saturated rings. The highest BCUT2D eigenvalue weighted by Gasteiger charge is 2.19. The van der Waals surface area contributed by atoms with E-state index in [2.05, 4.69) is 33.4 Å². The third-order valence-electron chi connectivity index (χ3n) is 3.23. The number of carbonyl (C=O) groups is 1. The largest absolute Gasteiger partial charge is 0.360 e. The van der Waals surface area contributed by atoms with Gasteiger partial charge in [0.05, 0.1) is 5.25 Å². The van der Waals surface area contributed by atoms with Gasteiger partial charge < -0.3 is 9.84 Å². The molecule has 0 saturated carbocycles. The molecule has 6 nitrogen and oxygen atoms in total. The summed E-state index contributed by atoms with van der Waals surface area (Å²) in [5.74, 6) is 0.945. The molecular weight excluding hydrogens is 332 g/mol. The molecule has 0 aliphatic heterocycles. The minimum Gasteiger partial charge on any atom is -0.360 e. The molecule has 0 spiro atoms. The molecule has 8 heteroatoms. The number of aryl methyl sites for hydroxylation is 2. The van der Waals surface area contributed by atoms with E-state index in [9.17, 15) is 4.79 Å². The smallest absolute Gasteiger partial charge is 0.238 e. The van der Waals surface area contributed by atoms with E-state index in [-0.39, 0.29) is 11.2 Å². The van der Waals surface area contributed by atoms with E-state index in [4.69, 9.17) is 4.52 Å². The first-order valence-electron chi connectivity index (χ1n) is 7.21. The van der Waals surface area contributed by atoms with Gasteiger partial charge in [-0.3, -0.25) is 4.79 Å². The Kier molecular flexibility index (Phi) is 4.63. The number of hydrogen-bond donors (Lipinski definition) is 1. The van der Waals surface area contributed by atoms with Gasteiger partial charge in [0.25, 0.3) is 0 Å². The van der Waals surface area contributed by atoms with E-state index in [1.54, 1.807) is 30.7 Å². The standard InChI is InChI=1S/C15H16N4O2S2/c1-4-10-6-11-14(16-7-17-15(11)23-10)22-9(3)13(20)18-12-5-8(2)21-19-12/h5-7,9H,4H2,1-3H3,(H,18,19,20)/t9-/m1/s1. The lowest BCUT2D eigenvalue weighted by molar-refractivity contribution is -0.115. The van der Waals surface area contributed by atoms with Gasteiger partial charge in [-0.25, -0.2) is 9.97 Å². The summed E-state index contributed by atoms with van der Waals surface area (Å²) < 4.78 is 4.95. The molecule has 3 aromatic heterocycles. The predicted octanol–water partition coefficient (Wildman–Crippen LogP) is 3.67. The quantitative estimate of drug-likeness (QED) is 0.560. The van der Waals surface area contributed by atoms with Crippen LogP contribution in [0.4, 0.5) is 5.82 Å². The fourth-order valence-corrected chi connectivity index (χ4v) is 3.92. The maximum Gasteiger partial charge on any atom is 0.238 e. The number of nitrogens with one attached hydrogen (secondary N) is 1. The number of anilines is 1. The van der Waals surface area contributed by atoms with E-state index in [0.29, 0.717) is 11.6 Å². The Hall–Kier alpha value is -1.93. The molecule has 0 aliphatic rings. The number of rotatable bonds is 5. The molecule has 120 valence electrons. The lowest BCUT2D eigenvalue weighted by Gasteiger charge is -2.10. The molecule has 3 heterocycles. The van der Waals surface area contributed by atoms with Gasteiger partial charge in [-0.15, -0.1) is 11.3 Å². The van der Waals surface area contributed by atoms with E-state index < -0.39 is 0 Å². The fraction of sp³-hybridized carbons (Fsp3) is 0.333. The average molecular weight is 348 g/mol. The van der Waals surface area contributed by atoms with Gasteiger partial charge >= 0.3 is 0 Å². The van der Waals surface area contributed by atoms with Gasteiger partial charge in [-0.1, -0.05) is 23.8 Å². The van der Waals surface area contributed by atoms with Crippen LogP contribution in [0.1, 0.15) is 24.5 Å². The molecular formula is C15H16N4O2S2. The van der Waals surface area contributed by atoms with Gasteiger partial charge in [0.2, 0.25) is 5.91 Å². The number of carbonyl (C=O) groups excluding carboxylic acids is 1. The Bertz CT molecular complexity index is 843. The van der Waals surface area contributed by atoms with Crippen molar-refractivity contribution < 1.29 is 9.32 Å². The van der Waals surface area contributed by atoms with Gasteiger partial charge in [-0.05, 0) is 26.3 Å². The number of nitrogens with zero attached hydrogens (tertiary/aromatic N) is 3. The minimum absolute atomic E-state index is 0.138. The lowest BCUT2D eigenvalue weighted by Crippen LogP contribution is -2.22. The third kappa shape index (κ3) is 3.53. The Labute approximate surface area is 141 Å². The molecule has 1 N–H and O–H groups in total. The van der Waals surface area contributed by atoms with Crippen LogP contribution in [0.5, 0.6) is 0 Å².